The first-order valence-electron chi connectivity index (χ1n) is 9.94. The van der Waals surface area contributed by atoms with Crippen LogP contribution in [0.4, 0.5) is 14.5 Å². The molecule has 5 nitrogen and oxygen atoms in total. The predicted octanol–water partition coefficient (Wildman–Crippen LogP) is 5.99. The van der Waals surface area contributed by atoms with Gasteiger partial charge in [0.2, 0.25) is 5.96 Å². The summed E-state index contributed by atoms with van der Waals surface area (Å²) in [6, 6.07) is 11.9. The number of guanidine groups is 1. The molecule has 0 aliphatic carbocycles. The van der Waals surface area contributed by atoms with Gasteiger partial charge in [-0.3, -0.25) is 0 Å². The molecule has 1 aliphatic rings. The van der Waals surface area contributed by atoms with Gasteiger partial charge in [0, 0.05) is 11.5 Å². The number of nitrogens with zero attached hydrogens (tertiary/aromatic N) is 1. The summed E-state index contributed by atoms with van der Waals surface area (Å²) in [5, 5.41) is 3.47. The van der Waals surface area contributed by atoms with E-state index in [4.69, 9.17) is 23.2 Å². The average Bonchev–Trinajstić information content (AvgIpc) is 2.75. The largest absolute Gasteiger partial charge is 0.324 e. The molecule has 10 heteroatoms. The molecule has 0 spiro atoms. The molecule has 0 saturated carbocycles. The van der Waals surface area contributed by atoms with Gasteiger partial charge in [-0.05, 0) is 47.9 Å². The van der Waals surface area contributed by atoms with Crippen molar-refractivity contribution < 1.29 is 17.2 Å². The highest BCUT2D eigenvalue weighted by molar-refractivity contribution is 7.90. The van der Waals surface area contributed by atoms with Crippen LogP contribution in [0.15, 0.2) is 58.4 Å². The van der Waals surface area contributed by atoms with Gasteiger partial charge in [0.25, 0.3) is 10.0 Å². The summed E-state index contributed by atoms with van der Waals surface area (Å²) in [7, 11) is -4.03. The number of hydrogen-bond acceptors (Lipinski definition) is 3. The van der Waals surface area contributed by atoms with Crippen LogP contribution in [0.5, 0.6) is 0 Å². The van der Waals surface area contributed by atoms with Crippen molar-refractivity contribution in [3.05, 3.63) is 92.5 Å². The number of aliphatic imine (C=N–C) groups is 1. The van der Waals surface area contributed by atoms with Crippen LogP contribution in [-0.2, 0) is 16.6 Å². The minimum absolute atomic E-state index is 0.0180. The lowest BCUT2D eigenvalue weighted by Gasteiger charge is -2.27. The smallest absolute Gasteiger partial charge is 0.266 e. The molecule has 172 valence electrons. The van der Waals surface area contributed by atoms with Crippen molar-refractivity contribution in [3.63, 3.8) is 0 Å². The van der Waals surface area contributed by atoms with Crippen LogP contribution >= 0.6 is 23.2 Å². The van der Waals surface area contributed by atoms with Crippen LogP contribution in [0.2, 0.25) is 10.0 Å². The summed E-state index contributed by atoms with van der Waals surface area (Å²) < 4.78 is 57.0. The van der Waals surface area contributed by atoms with Gasteiger partial charge in [-0.25, -0.2) is 26.9 Å². The van der Waals surface area contributed by atoms with Gasteiger partial charge in [0.05, 0.1) is 22.3 Å². The molecule has 1 heterocycles. The van der Waals surface area contributed by atoms with Gasteiger partial charge in [0.15, 0.2) is 0 Å². The monoisotopic (exact) mass is 509 g/mol. The first-order chi connectivity index (χ1) is 15.6. The lowest BCUT2D eigenvalue weighted by Crippen LogP contribution is -2.41. The molecule has 0 unspecified atom stereocenters. The fraction of sp³-hybridized carbons (Fsp3) is 0.174. The zero-order chi connectivity index (χ0) is 23.9. The molecule has 4 rings (SSSR count). The van der Waals surface area contributed by atoms with Gasteiger partial charge in [0.1, 0.15) is 16.5 Å². The van der Waals surface area contributed by atoms with Crippen molar-refractivity contribution in [3.8, 4) is 0 Å². The Labute approximate surface area is 200 Å². The van der Waals surface area contributed by atoms with E-state index in [1.54, 1.807) is 44.2 Å². The Morgan fingerprint density at radius 1 is 1.03 bits per heavy atom. The van der Waals surface area contributed by atoms with Crippen LogP contribution in [0.3, 0.4) is 0 Å². The third-order valence-electron chi connectivity index (χ3n) is 5.59. The maximum absolute atomic E-state index is 15.1. The standard InChI is InChI=1S/C23H19Cl2F2N3O2S/c1-12-14(5-3-8-17(12)26)11-28-23-29-22-19(33(31,32)30-23)10-9-18(27)20(22)13(2)15-6-4-7-16(24)21(15)25/h3-10,13H,11H2,1-2H3,(H2,28,29,30)/t13-/m1/s1. The molecule has 0 aromatic heterocycles. The van der Waals surface area contributed by atoms with Crippen molar-refractivity contribution in [2.75, 3.05) is 5.32 Å². The summed E-state index contributed by atoms with van der Waals surface area (Å²) in [4.78, 5) is 4.14. The van der Waals surface area contributed by atoms with Gasteiger partial charge < -0.3 is 5.32 Å². The molecule has 3 aromatic carbocycles. The van der Waals surface area contributed by atoms with Crippen molar-refractivity contribution in [2.45, 2.75) is 31.2 Å². The van der Waals surface area contributed by atoms with Crippen LogP contribution in [0, 0.1) is 18.6 Å². The van der Waals surface area contributed by atoms with E-state index < -0.39 is 21.8 Å². The van der Waals surface area contributed by atoms with Gasteiger partial charge in [-0.2, -0.15) is 0 Å². The molecule has 33 heavy (non-hydrogen) atoms. The van der Waals surface area contributed by atoms with Crippen molar-refractivity contribution >= 4 is 44.9 Å². The number of sulfonamides is 1. The second-order valence-corrected chi connectivity index (χ2v) is 10.1. The predicted molar refractivity (Wildman–Crippen MR) is 127 cm³/mol. The Balaban J connectivity index is 1.79. The lowest BCUT2D eigenvalue weighted by atomic mass is 9.91. The Morgan fingerprint density at radius 3 is 2.52 bits per heavy atom. The van der Waals surface area contributed by atoms with E-state index in [-0.39, 0.29) is 39.5 Å². The summed E-state index contributed by atoms with van der Waals surface area (Å²) in [6.45, 7) is 3.34. The number of rotatable bonds is 4. The maximum atomic E-state index is 15.1. The molecule has 0 amide bonds. The second-order valence-electron chi connectivity index (χ2n) is 7.62. The molecule has 0 saturated heterocycles. The Morgan fingerprint density at radius 2 is 1.76 bits per heavy atom. The Kier molecular flexibility index (Phi) is 6.35. The molecule has 0 bridgehead atoms. The summed E-state index contributed by atoms with van der Waals surface area (Å²) >= 11 is 12.5. The molecular weight excluding hydrogens is 491 g/mol. The molecule has 0 fully saturated rings. The number of halogens is 4. The van der Waals surface area contributed by atoms with E-state index in [1.165, 1.54) is 12.1 Å². The van der Waals surface area contributed by atoms with Crippen LogP contribution in [0.25, 0.3) is 0 Å². The number of fused-ring (bicyclic) bond motifs is 1. The van der Waals surface area contributed by atoms with E-state index in [0.717, 1.165) is 6.07 Å². The van der Waals surface area contributed by atoms with E-state index in [2.05, 4.69) is 15.0 Å². The van der Waals surface area contributed by atoms with Crippen LogP contribution < -0.4 is 10.0 Å². The highest BCUT2D eigenvalue weighted by Crippen LogP contribution is 2.41. The Hall–Kier alpha value is -2.68. The maximum Gasteiger partial charge on any atom is 0.266 e. The molecule has 0 radical (unpaired) electrons. The number of benzene rings is 3. The quantitative estimate of drug-likeness (QED) is 0.453. The van der Waals surface area contributed by atoms with Crippen LogP contribution in [0.1, 0.15) is 35.1 Å². The first-order valence-corrected chi connectivity index (χ1v) is 12.2. The zero-order valence-electron chi connectivity index (χ0n) is 17.6. The van der Waals surface area contributed by atoms with Crippen molar-refractivity contribution in [2.24, 2.45) is 4.99 Å². The number of hydrogen-bond donors (Lipinski definition) is 2. The van der Waals surface area contributed by atoms with Crippen molar-refractivity contribution in [1.82, 2.24) is 4.72 Å². The third-order valence-corrected chi connectivity index (χ3v) is 7.80. The summed E-state index contributed by atoms with van der Waals surface area (Å²) in [6.07, 6.45) is 0. The van der Waals surface area contributed by atoms with E-state index >= 15 is 4.39 Å². The molecule has 1 aliphatic heterocycles. The summed E-state index contributed by atoms with van der Waals surface area (Å²) in [5.41, 5.74) is 1.72. The van der Waals surface area contributed by atoms with E-state index in [9.17, 15) is 12.8 Å². The normalized spacial score (nSPS) is 16.6. The average molecular weight is 510 g/mol. The highest BCUT2D eigenvalue weighted by Gasteiger charge is 2.32. The van der Waals surface area contributed by atoms with E-state index in [1.807, 2.05) is 0 Å². The zero-order valence-corrected chi connectivity index (χ0v) is 19.9. The summed E-state index contributed by atoms with van der Waals surface area (Å²) in [5.74, 6) is -1.71. The topological polar surface area (TPSA) is 70.6 Å². The van der Waals surface area contributed by atoms with Gasteiger partial charge in [-0.15, -0.1) is 0 Å². The minimum Gasteiger partial charge on any atom is -0.324 e. The molecule has 3 aromatic rings. The SMILES string of the molecule is Cc1c(F)cccc1CN=C1Nc2c(ccc(F)c2[C@H](C)c2cccc(Cl)c2Cl)S(=O)(=O)N1. The third kappa shape index (κ3) is 4.43. The lowest BCUT2D eigenvalue weighted by molar-refractivity contribution is 0.586. The van der Waals surface area contributed by atoms with E-state index in [0.29, 0.717) is 21.7 Å². The second kappa shape index (κ2) is 8.93. The first kappa shape index (κ1) is 23.5. The molecule has 2 N–H and O–H groups in total. The van der Waals surface area contributed by atoms with Gasteiger partial charge >= 0.3 is 0 Å². The highest BCUT2D eigenvalue weighted by atomic mass is 35.5. The molecule has 1 atom stereocenters. The van der Waals surface area contributed by atoms with Gasteiger partial charge in [-0.1, -0.05) is 54.4 Å². The van der Waals surface area contributed by atoms with Crippen LogP contribution in [-0.4, -0.2) is 14.4 Å². The molecular formula is C23H19Cl2F2N3O2S. The fourth-order valence-electron chi connectivity index (χ4n) is 3.75. The Bertz CT molecular complexity index is 1390. The number of anilines is 1. The fourth-order valence-corrected chi connectivity index (χ4v) is 5.37. The number of nitrogens with one attached hydrogen (secondary N) is 2. The van der Waals surface area contributed by atoms with Crippen molar-refractivity contribution in [1.29, 1.82) is 0 Å². The minimum atomic E-state index is -4.03.